The molecule has 0 aromatic rings. The van der Waals surface area contributed by atoms with Crippen molar-refractivity contribution in [2.75, 3.05) is 21.3 Å². The van der Waals surface area contributed by atoms with Gasteiger partial charge in [-0.2, -0.15) is 13.2 Å². The third kappa shape index (κ3) is 7.83. The minimum atomic E-state index is -4.21. The van der Waals surface area contributed by atoms with E-state index in [1.165, 1.54) is 40.6 Å². The number of halogens is 3. The molecule has 0 aliphatic rings. The first-order valence-corrected chi connectivity index (χ1v) is 9.48. The number of hydrogen-bond acceptors (Lipinski definition) is 3. The SMILES string of the molecule is CCCCCCCCC(CCC)(CCC(F)(F)F)C(OC)(OC)OC. The van der Waals surface area contributed by atoms with Crippen LogP contribution < -0.4 is 0 Å². The van der Waals surface area contributed by atoms with E-state index in [0.717, 1.165) is 25.7 Å². The molecule has 0 amide bonds. The molecular formula is C19H37F3O3. The van der Waals surface area contributed by atoms with Gasteiger partial charge in [0.25, 0.3) is 5.97 Å². The van der Waals surface area contributed by atoms with E-state index in [2.05, 4.69) is 6.92 Å². The topological polar surface area (TPSA) is 27.7 Å². The molecule has 0 bridgehead atoms. The molecule has 1 unspecified atom stereocenters. The molecule has 0 fully saturated rings. The van der Waals surface area contributed by atoms with Crippen molar-refractivity contribution in [3.63, 3.8) is 0 Å². The number of hydrogen-bond donors (Lipinski definition) is 0. The van der Waals surface area contributed by atoms with Crippen LogP contribution in [0.25, 0.3) is 0 Å². The standard InChI is InChI=1S/C19H37F3O3/c1-6-8-9-10-11-12-14-17(13-7-2,15-16-18(20,21)22)19(23-3,24-4)25-5/h6-16H2,1-5H3. The molecular weight excluding hydrogens is 333 g/mol. The van der Waals surface area contributed by atoms with Gasteiger partial charge < -0.3 is 14.2 Å². The van der Waals surface area contributed by atoms with Crippen LogP contribution in [0, 0.1) is 5.41 Å². The minimum absolute atomic E-state index is 0.0607. The first-order valence-electron chi connectivity index (χ1n) is 9.48. The Kier molecular flexibility index (Phi) is 12.0. The van der Waals surface area contributed by atoms with Crippen LogP contribution in [-0.2, 0) is 14.2 Å². The van der Waals surface area contributed by atoms with Crippen LogP contribution in [0.4, 0.5) is 13.2 Å². The first kappa shape index (κ1) is 24.7. The third-order valence-electron chi connectivity index (χ3n) is 5.08. The van der Waals surface area contributed by atoms with Gasteiger partial charge in [-0.15, -0.1) is 0 Å². The van der Waals surface area contributed by atoms with Crippen molar-refractivity contribution < 1.29 is 27.4 Å². The maximum Gasteiger partial charge on any atom is 0.389 e. The van der Waals surface area contributed by atoms with Gasteiger partial charge in [-0.25, -0.2) is 0 Å². The summed E-state index contributed by atoms with van der Waals surface area (Å²) in [5.74, 6) is -1.45. The van der Waals surface area contributed by atoms with E-state index in [4.69, 9.17) is 14.2 Å². The largest absolute Gasteiger partial charge is 0.389 e. The van der Waals surface area contributed by atoms with Crippen LogP contribution in [0.15, 0.2) is 0 Å². The Morgan fingerprint density at radius 1 is 0.600 bits per heavy atom. The van der Waals surface area contributed by atoms with Crippen LogP contribution >= 0.6 is 0 Å². The number of ether oxygens (including phenoxy) is 3. The van der Waals surface area contributed by atoms with Crippen molar-refractivity contribution in [3.8, 4) is 0 Å². The lowest BCUT2D eigenvalue weighted by molar-refractivity contribution is -0.412. The lowest BCUT2D eigenvalue weighted by Gasteiger charge is -2.47. The van der Waals surface area contributed by atoms with Crippen molar-refractivity contribution >= 4 is 0 Å². The average molecular weight is 370 g/mol. The first-order chi connectivity index (χ1) is 11.8. The fourth-order valence-electron chi connectivity index (χ4n) is 3.84. The molecule has 0 aromatic heterocycles. The molecule has 0 radical (unpaired) electrons. The molecule has 0 N–H and O–H groups in total. The summed E-state index contributed by atoms with van der Waals surface area (Å²) in [6, 6.07) is 0. The molecule has 0 aliphatic heterocycles. The molecule has 0 aromatic carbocycles. The van der Waals surface area contributed by atoms with Gasteiger partial charge in [0, 0.05) is 27.8 Å². The normalized spacial score (nSPS) is 15.4. The van der Waals surface area contributed by atoms with E-state index in [9.17, 15) is 13.2 Å². The van der Waals surface area contributed by atoms with E-state index in [0.29, 0.717) is 12.8 Å². The predicted molar refractivity (Wildman–Crippen MR) is 94.4 cm³/mol. The Hall–Kier alpha value is -0.330. The van der Waals surface area contributed by atoms with E-state index >= 15 is 0 Å². The number of alkyl halides is 3. The van der Waals surface area contributed by atoms with Gasteiger partial charge in [-0.3, -0.25) is 0 Å². The quantitative estimate of drug-likeness (QED) is 0.245. The highest BCUT2D eigenvalue weighted by atomic mass is 19.4. The Labute approximate surface area is 151 Å². The van der Waals surface area contributed by atoms with Gasteiger partial charge in [0.2, 0.25) is 0 Å². The fraction of sp³-hybridized carbons (Fsp3) is 1.00. The van der Waals surface area contributed by atoms with E-state index in [1.54, 1.807) is 0 Å². The Bertz CT molecular complexity index is 322. The monoisotopic (exact) mass is 370 g/mol. The van der Waals surface area contributed by atoms with Crippen molar-refractivity contribution in [2.45, 2.75) is 96.6 Å². The summed E-state index contributed by atoms with van der Waals surface area (Å²) in [5, 5.41) is 0. The zero-order valence-corrected chi connectivity index (χ0v) is 16.6. The highest BCUT2D eigenvalue weighted by Gasteiger charge is 2.53. The molecule has 152 valence electrons. The van der Waals surface area contributed by atoms with Gasteiger partial charge in [-0.05, 0) is 19.3 Å². The lowest BCUT2D eigenvalue weighted by atomic mass is 9.72. The van der Waals surface area contributed by atoms with E-state index in [-0.39, 0.29) is 6.42 Å². The second-order valence-electron chi connectivity index (χ2n) is 6.83. The van der Waals surface area contributed by atoms with Gasteiger partial charge in [0.1, 0.15) is 0 Å². The molecule has 0 spiro atoms. The maximum absolute atomic E-state index is 12.9. The van der Waals surface area contributed by atoms with Crippen molar-refractivity contribution in [1.29, 1.82) is 0 Å². The molecule has 0 saturated carbocycles. The van der Waals surface area contributed by atoms with Gasteiger partial charge in [0.05, 0.1) is 5.41 Å². The van der Waals surface area contributed by atoms with Crippen LogP contribution in [0.2, 0.25) is 0 Å². The van der Waals surface area contributed by atoms with E-state index in [1.807, 2.05) is 6.92 Å². The second-order valence-corrected chi connectivity index (χ2v) is 6.83. The number of rotatable bonds is 15. The van der Waals surface area contributed by atoms with Gasteiger partial charge >= 0.3 is 6.18 Å². The van der Waals surface area contributed by atoms with Gasteiger partial charge in [-0.1, -0.05) is 58.8 Å². The van der Waals surface area contributed by atoms with Crippen LogP contribution in [-0.4, -0.2) is 33.5 Å². The zero-order chi connectivity index (χ0) is 19.4. The molecule has 0 rings (SSSR count). The van der Waals surface area contributed by atoms with Crippen molar-refractivity contribution in [1.82, 2.24) is 0 Å². The fourth-order valence-corrected chi connectivity index (χ4v) is 3.84. The number of unbranched alkanes of at least 4 members (excludes halogenated alkanes) is 5. The van der Waals surface area contributed by atoms with Crippen LogP contribution in [0.5, 0.6) is 0 Å². The Morgan fingerprint density at radius 3 is 1.56 bits per heavy atom. The molecule has 0 heterocycles. The summed E-state index contributed by atoms with van der Waals surface area (Å²) < 4.78 is 55.3. The van der Waals surface area contributed by atoms with Crippen LogP contribution in [0.3, 0.4) is 0 Å². The molecule has 25 heavy (non-hydrogen) atoms. The average Bonchev–Trinajstić information content (AvgIpc) is 2.57. The predicted octanol–water partition coefficient (Wildman–Crippen LogP) is 6.46. The molecule has 1 atom stereocenters. The van der Waals surface area contributed by atoms with Gasteiger partial charge in [0.15, 0.2) is 0 Å². The molecule has 0 aliphatic carbocycles. The summed E-state index contributed by atoms with van der Waals surface area (Å²) in [4.78, 5) is 0. The maximum atomic E-state index is 12.9. The highest BCUT2D eigenvalue weighted by molar-refractivity contribution is 4.89. The third-order valence-corrected chi connectivity index (χ3v) is 5.08. The molecule has 3 nitrogen and oxygen atoms in total. The molecule has 6 heteroatoms. The summed E-state index contributed by atoms with van der Waals surface area (Å²) in [7, 11) is 4.31. The molecule has 0 saturated heterocycles. The summed E-state index contributed by atoms with van der Waals surface area (Å²) in [6.07, 6.45) is 3.27. The second kappa shape index (κ2) is 12.1. The number of methoxy groups -OCH3 is 3. The van der Waals surface area contributed by atoms with Crippen molar-refractivity contribution in [3.05, 3.63) is 0 Å². The van der Waals surface area contributed by atoms with Crippen molar-refractivity contribution in [2.24, 2.45) is 5.41 Å². The van der Waals surface area contributed by atoms with E-state index < -0.39 is 24.0 Å². The highest BCUT2D eigenvalue weighted by Crippen LogP contribution is 2.49. The summed E-state index contributed by atoms with van der Waals surface area (Å²) in [5.41, 5.74) is -0.819. The summed E-state index contributed by atoms with van der Waals surface area (Å²) in [6.45, 7) is 4.13. The smallest absolute Gasteiger partial charge is 0.330 e. The summed E-state index contributed by atoms with van der Waals surface area (Å²) >= 11 is 0. The Morgan fingerprint density at radius 2 is 1.12 bits per heavy atom. The Balaban J connectivity index is 5.26. The lowest BCUT2D eigenvalue weighted by Crippen LogP contribution is -2.53. The zero-order valence-electron chi connectivity index (χ0n) is 16.6. The minimum Gasteiger partial charge on any atom is -0.330 e. The van der Waals surface area contributed by atoms with Crippen LogP contribution in [0.1, 0.15) is 84.5 Å².